The highest BCUT2D eigenvalue weighted by Crippen LogP contribution is 2.39. The SMILES string of the molecule is COC(=O)CCCN1C(=S)N[C@H](c2ccccn2)[C@@H]1c1ccn(-c2ccccc2)c1. The van der Waals surface area contributed by atoms with Crippen molar-refractivity contribution in [3.8, 4) is 5.69 Å². The summed E-state index contributed by atoms with van der Waals surface area (Å²) in [5, 5.41) is 4.11. The molecule has 0 bridgehead atoms. The van der Waals surface area contributed by atoms with Crippen LogP contribution in [0.15, 0.2) is 73.2 Å². The number of thiocarbonyl (C=S) groups is 1. The number of esters is 1. The van der Waals surface area contributed by atoms with Crippen molar-refractivity contribution in [1.29, 1.82) is 0 Å². The Kier molecular flexibility index (Phi) is 6.09. The Bertz CT molecular complexity index is 1010. The molecule has 1 aliphatic rings. The maximum Gasteiger partial charge on any atom is 0.305 e. The summed E-state index contributed by atoms with van der Waals surface area (Å²) in [6.07, 6.45) is 7.03. The fourth-order valence-electron chi connectivity index (χ4n) is 3.85. The van der Waals surface area contributed by atoms with Crippen LogP contribution < -0.4 is 5.32 Å². The molecule has 0 amide bonds. The summed E-state index contributed by atoms with van der Waals surface area (Å²) in [7, 11) is 1.41. The van der Waals surface area contributed by atoms with Crippen molar-refractivity contribution in [2.75, 3.05) is 13.7 Å². The van der Waals surface area contributed by atoms with Crippen molar-refractivity contribution in [2.45, 2.75) is 24.9 Å². The van der Waals surface area contributed by atoms with Gasteiger partial charge in [-0.05, 0) is 54.5 Å². The molecule has 4 rings (SSSR count). The van der Waals surface area contributed by atoms with E-state index < -0.39 is 0 Å². The number of para-hydroxylation sites is 1. The number of pyridine rings is 1. The van der Waals surface area contributed by atoms with Crippen LogP contribution in [0, 0.1) is 0 Å². The number of benzene rings is 1. The van der Waals surface area contributed by atoms with Crippen molar-refractivity contribution >= 4 is 23.3 Å². The molecule has 6 nitrogen and oxygen atoms in total. The summed E-state index contributed by atoms with van der Waals surface area (Å²) in [5.41, 5.74) is 3.18. The van der Waals surface area contributed by atoms with Gasteiger partial charge in [-0.3, -0.25) is 9.78 Å². The summed E-state index contributed by atoms with van der Waals surface area (Å²) in [6, 6.07) is 18.2. The molecule has 1 aliphatic heterocycles. The molecule has 154 valence electrons. The zero-order valence-corrected chi connectivity index (χ0v) is 17.6. The van der Waals surface area contributed by atoms with Crippen LogP contribution in [0.4, 0.5) is 0 Å². The number of methoxy groups -OCH3 is 1. The molecule has 0 saturated carbocycles. The van der Waals surface area contributed by atoms with Gasteiger partial charge in [-0.2, -0.15) is 0 Å². The Hall–Kier alpha value is -3.19. The molecular formula is C23H24N4O2S. The molecule has 0 radical (unpaired) electrons. The lowest BCUT2D eigenvalue weighted by molar-refractivity contribution is -0.140. The summed E-state index contributed by atoms with van der Waals surface area (Å²) in [5.74, 6) is -0.207. The third kappa shape index (κ3) is 4.21. The number of hydrogen-bond acceptors (Lipinski definition) is 4. The topological polar surface area (TPSA) is 59.4 Å². The number of nitrogens with one attached hydrogen (secondary N) is 1. The monoisotopic (exact) mass is 420 g/mol. The second-order valence-corrected chi connectivity index (χ2v) is 7.57. The van der Waals surface area contributed by atoms with Gasteiger partial charge in [-0.25, -0.2) is 0 Å². The molecule has 3 heterocycles. The Balaban J connectivity index is 1.64. The van der Waals surface area contributed by atoms with Crippen LogP contribution in [-0.4, -0.2) is 39.2 Å². The number of rotatable bonds is 7. The molecule has 0 unspecified atom stereocenters. The Morgan fingerprint density at radius 2 is 1.97 bits per heavy atom. The van der Waals surface area contributed by atoms with Crippen LogP contribution >= 0.6 is 12.2 Å². The van der Waals surface area contributed by atoms with E-state index in [2.05, 4.69) is 50.4 Å². The molecule has 1 saturated heterocycles. The largest absolute Gasteiger partial charge is 0.469 e. The molecule has 0 spiro atoms. The lowest BCUT2D eigenvalue weighted by atomic mass is 9.99. The third-order valence-electron chi connectivity index (χ3n) is 5.32. The number of hydrogen-bond donors (Lipinski definition) is 1. The molecule has 2 aromatic heterocycles. The average molecular weight is 421 g/mol. The van der Waals surface area contributed by atoms with E-state index in [1.54, 1.807) is 6.20 Å². The van der Waals surface area contributed by atoms with Gasteiger partial charge in [-0.1, -0.05) is 24.3 Å². The highest BCUT2D eigenvalue weighted by molar-refractivity contribution is 7.80. The van der Waals surface area contributed by atoms with Gasteiger partial charge in [0.05, 0.1) is 24.9 Å². The van der Waals surface area contributed by atoms with E-state index in [0.717, 1.165) is 16.9 Å². The first kappa shape index (κ1) is 20.1. The number of carbonyl (C=O) groups is 1. The average Bonchev–Trinajstić information content (AvgIpc) is 3.40. The molecule has 2 atom stereocenters. The molecule has 7 heteroatoms. The maximum absolute atomic E-state index is 11.6. The third-order valence-corrected chi connectivity index (χ3v) is 5.67. The van der Waals surface area contributed by atoms with Gasteiger partial charge in [0.1, 0.15) is 0 Å². The maximum atomic E-state index is 11.6. The minimum Gasteiger partial charge on any atom is -0.469 e. The molecule has 1 N–H and O–H groups in total. The first-order valence-corrected chi connectivity index (χ1v) is 10.4. The van der Waals surface area contributed by atoms with E-state index in [1.807, 2.05) is 36.4 Å². The van der Waals surface area contributed by atoms with Crippen LogP contribution in [0.25, 0.3) is 5.69 Å². The Morgan fingerprint density at radius 3 is 2.70 bits per heavy atom. The first-order valence-electron chi connectivity index (χ1n) is 9.95. The highest BCUT2D eigenvalue weighted by Gasteiger charge is 2.39. The normalized spacial score (nSPS) is 18.3. The van der Waals surface area contributed by atoms with E-state index in [1.165, 1.54) is 7.11 Å². The van der Waals surface area contributed by atoms with Gasteiger partial charge in [0, 0.05) is 37.2 Å². The fourth-order valence-corrected chi connectivity index (χ4v) is 4.19. The van der Waals surface area contributed by atoms with E-state index in [4.69, 9.17) is 17.0 Å². The number of carbonyl (C=O) groups excluding carboxylic acids is 1. The minimum absolute atomic E-state index is 0.0185. The minimum atomic E-state index is -0.207. The van der Waals surface area contributed by atoms with Crippen LogP contribution in [0.1, 0.15) is 36.2 Å². The molecule has 1 aromatic carbocycles. The smallest absolute Gasteiger partial charge is 0.305 e. The van der Waals surface area contributed by atoms with Crippen LogP contribution in [-0.2, 0) is 9.53 Å². The van der Waals surface area contributed by atoms with E-state index >= 15 is 0 Å². The lowest BCUT2D eigenvalue weighted by Crippen LogP contribution is -2.30. The summed E-state index contributed by atoms with van der Waals surface area (Å²) >= 11 is 5.67. The summed E-state index contributed by atoms with van der Waals surface area (Å²) in [6.45, 7) is 0.658. The number of ether oxygens (including phenoxy) is 1. The number of nitrogens with zero attached hydrogens (tertiary/aromatic N) is 3. The van der Waals surface area contributed by atoms with Crippen LogP contribution in [0.3, 0.4) is 0 Å². The van der Waals surface area contributed by atoms with E-state index in [-0.39, 0.29) is 18.1 Å². The predicted molar refractivity (Wildman–Crippen MR) is 119 cm³/mol. The summed E-state index contributed by atoms with van der Waals surface area (Å²) < 4.78 is 6.89. The van der Waals surface area contributed by atoms with E-state index in [9.17, 15) is 4.79 Å². The standard InChI is InChI=1S/C23H24N4O2S/c1-29-20(28)11-7-14-27-22(21(25-23(27)30)19-10-5-6-13-24-19)17-12-15-26(16-17)18-8-3-2-4-9-18/h2-6,8-10,12-13,15-16,21-22H,7,11,14H2,1H3,(H,25,30)/t21-,22+/m1/s1. The number of aromatic nitrogens is 2. The lowest BCUT2D eigenvalue weighted by Gasteiger charge is -2.27. The van der Waals surface area contributed by atoms with Crippen molar-refractivity contribution in [3.05, 3.63) is 84.4 Å². The van der Waals surface area contributed by atoms with Gasteiger partial charge in [0.25, 0.3) is 0 Å². The second-order valence-electron chi connectivity index (χ2n) is 7.19. The summed E-state index contributed by atoms with van der Waals surface area (Å²) in [4.78, 5) is 18.3. The fraction of sp³-hybridized carbons (Fsp3) is 0.261. The molecule has 0 aliphatic carbocycles. The Morgan fingerprint density at radius 1 is 1.17 bits per heavy atom. The first-order chi connectivity index (χ1) is 14.7. The molecule has 30 heavy (non-hydrogen) atoms. The zero-order chi connectivity index (χ0) is 20.9. The van der Waals surface area contributed by atoms with Gasteiger partial charge in [-0.15, -0.1) is 0 Å². The zero-order valence-electron chi connectivity index (χ0n) is 16.8. The van der Waals surface area contributed by atoms with Crippen molar-refractivity contribution in [3.63, 3.8) is 0 Å². The quantitative estimate of drug-likeness (QED) is 0.464. The van der Waals surface area contributed by atoms with Crippen molar-refractivity contribution in [1.82, 2.24) is 19.8 Å². The van der Waals surface area contributed by atoms with Crippen LogP contribution in [0.2, 0.25) is 0 Å². The Labute approximate surface area is 181 Å². The predicted octanol–water partition coefficient (Wildman–Crippen LogP) is 3.80. The van der Waals surface area contributed by atoms with Crippen molar-refractivity contribution in [2.24, 2.45) is 0 Å². The second kappa shape index (κ2) is 9.09. The molecule has 3 aromatic rings. The van der Waals surface area contributed by atoms with Gasteiger partial charge >= 0.3 is 5.97 Å². The van der Waals surface area contributed by atoms with Gasteiger partial charge in [0.2, 0.25) is 0 Å². The van der Waals surface area contributed by atoms with Gasteiger partial charge in [0.15, 0.2) is 5.11 Å². The molecular weight excluding hydrogens is 396 g/mol. The van der Waals surface area contributed by atoms with Crippen LogP contribution in [0.5, 0.6) is 0 Å². The molecule has 1 fully saturated rings. The highest BCUT2D eigenvalue weighted by atomic mass is 32.1. The van der Waals surface area contributed by atoms with Gasteiger partial charge < -0.3 is 19.5 Å². The van der Waals surface area contributed by atoms with E-state index in [0.29, 0.717) is 24.5 Å². The van der Waals surface area contributed by atoms with Crippen molar-refractivity contribution < 1.29 is 9.53 Å².